The van der Waals surface area contributed by atoms with Crippen molar-refractivity contribution in [2.75, 3.05) is 28.6 Å². The van der Waals surface area contributed by atoms with Crippen LogP contribution in [-0.2, 0) is 0 Å². The molecule has 2 N–H and O–H groups in total. The third kappa shape index (κ3) is 4.47. The molecule has 2 unspecified atom stereocenters. The smallest absolute Gasteiger partial charge is 0.382 e. The molecule has 1 saturated carbocycles. The summed E-state index contributed by atoms with van der Waals surface area (Å²) >= 11 is 0. The summed E-state index contributed by atoms with van der Waals surface area (Å²) in [7, 11) is 0. The second-order valence-electron chi connectivity index (χ2n) is 7.68. The number of fused-ring (bicyclic) bond motifs is 1. The number of amides is 2. The lowest BCUT2D eigenvalue weighted by Crippen LogP contribution is -2.36. The van der Waals surface area contributed by atoms with Crippen molar-refractivity contribution in [3.63, 3.8) is 0 Å². The fourth-order valence-electron chi connectivity index (χ4n) is 4.10. The van der Waals surface area contributed by atoms with Gasteiger partial charge in [0, 0.05) is 30.9 Å². The maximum atomic E-state index is 13.2. The average Bonchev–Trinajstić information content (AvgIpc) is 2.96. The Morgan fingerprint density at radius 1 is 1.20 bits per heavy atom. The van der Waals surface area contributed by atoms with Gasteiger partial charge in [-0.25, -0.2) is 9.78 Å². The molecule has 0 spiro atoms. The van der Waals surface area contributed by atoms with E-state index in [1.54, 1.807) is 18.2 Å². The molecule has 1 aliphatic heterocycles. The van der Waals surface area contributed by atoms with Crippen molar-refractivity contribution in [2.45, 2.75) is 44.2 Å². The molecule has 2 aromatic rings. The number of halogens is 3. The zero-order valence-corrected chi connectivity index (χ0v) is 16.3. The number of hydrogen-bond donors (Lipinski definition) is 2. The first-order valence-electron chi connectivity index (χ1n) is 10.1. The number of pyridine rings is 1. The van der Waals surface area contributed by atoms with E-state index in [-0.39, 0.29) is 18.8 Å². The second-order valence-corrected chi connectivity index (χ2v) is 7.68. The van der Waals surface area contributed by atoms with Crippen LogP contribution in [0.15, 0.2) is 30.5 Å². The minimum atomic E-state index is -4.19. The Hall–Kier alpha value is -2.91. The van der Waals surface area contributed by atoms with Crippen molar-refractivity contribution in [1.82, 2.24) is 15.2 Å². The average molecular weight is 420 g/mol. The highest BCUT2D eigenvalue weighted by Crippen LogP contribution is 2.44. The van der Waals surface area contributed by atoms with Crippen LogP contribution < -0.4 is 15.5 Å². The van der Waals surface area contributed by atoms with Crippen LogP contribution in [0.1, 0.15) is 43.7 Å². The SMILES string of the molecule is O=C(Nc1cccnn1)N1CCCNc2ccc(C3CCCC(C(F)(F)F)C3)nc21. The van der Waals surface area contributed by atoms with Crippen LogP contribution >= 0.6 is 0 Å². The van der Waals surface area contributed by atoms with Gasteiger partial charge in [-0.05, 0) is 49.9 Å². The number of nitrogens with one attached hydrogen (secondary N) is 2. The van der Waals surface area contributed by atoms with E-state index in [1.807, 2.05) is 6.07 Å². The highest BCUT2D eigenvalue weighted by atomic mass is 19.4. The molecule has 1 aliphatic carbocycles. The largest absolute Gasteiger partial charge is 0.391 e. The Kier molecular flexibility index (Phi) is 5.74. The number of hydrogen-bond acceptors (Lipinski definition) is 5. The van der Waals surface area contributed by atoms with Gasteiger partial charge in [0.1, 0.15) is 0 Å². The monoisotopic (exact) mass is 420 g/mol. The predicted molar refractivity (Wildman–Crippen MR) is 106 cm³/mol. The van der Waals surface area contributed by atoms with Crippen molar-refractivity contribution in [1.29, 1.82) is 0 Å². The van der Waals surface area contributed by atoms with Crippen LogP contribution in [0.25, 0.3) is 0 Å². The molecule has 2 atom stereocenters. The van der Waals surface area contributed by atoms with E-state index >= 15 is 0 Å². The number of anilines is 3. The molecule has 30 heavy (non-hydrogen) atoms. The summed E-state index contributed by atoms with van der Waals surface area (Å²) in [5.74, 6) is -0.826. The van der Waals surface area contributed by atoms with Crippen LogP contribution in [0.4, 0.5) is 35.3 Å². The molecular formula is C20H23F3N6O. The van der Waals surface area contributed by atoms with Gasteiger partial charge in [-0.3, -0.25) is 10.2 Å². The van der Waals surface area contributed by atoms with E-state index in [1.165, 1.54) is 11.1 Å². The number of alkyl halides is 3. The first-order chi connectivity index (χ1) is 14.4. The number of carbonyl (C=O) groups excluding carboxylic acids is 1. The highest BCUT2D eigenvalue weighted by Gasteiger charge is 2.42. The first kappa shape index (κ1) is 20.4. The fourth-order valence-corrected chi connectivity index (χ4v) is 4.10. The van der Waals surface area contributed by atoms with Gasteiger partial charge < -0.3 is 5.32 Å². The summed E-state index contributed by atoms with van der Waals surface area (Å²) in [6.45, 7) is 1.10. The van der Waals surface area contributed by atoms with Crippen molar-refractivity contribution >= 4 is 23.4 Å². The molecular weight excluding hydrogens is 397 g/mol. The zero-order chi connectivity index (χ0) is 21.1. The van der Waals surface area contributed by atoms with Crippen LogP contribution in [-0.4, -0.2) is 40.5 Å². The van der Waals surface area contributed by atoms with Crippen molar-refractivity contribution in [3.05, 3.63) is 36.2 Å². The molecule has 2 amide bonds. The number of aromatic nitrogens is 3. The first-order valence-corrected chi connectivity index (χ1v) is 10.1. The minimum absolute atomic E-state index is 0.0362. The van der Waals surface area contributed by atoms with Gasteiger partial charge in [-0.1, -0.05) is 6.42 Å². The number of carbonyl (C=O) groups is 1. The van der Waals surface area contributed by atoms with E-state index < -0.39 is 18.1 Å². The lowest BCUT2D eigenvalue weighted by molar-refractivity contribution is -0.183. The predicted octanol–water partition coefficient (Wildman–Crippen LogP) is 4.56. The summed E-state index contributed by atoms with van der Waals surface area (Å²) in [6.07, 6.45) is -0.589. The van der Waals surface area contributed by atoms with Crippen molar-refractivity contribution < 1.29 is 18.0 Å². The Labute approximate surface area is 172 Å². The lowest BCUT2D eigenvalue weighted by atomic mass is 9.79. The highest BCUT2D eigenvalue weighted by molar-refractivity contribution is 6.02. The lowest BCUT2D eigenvalue weighted by Gasteiger charge is -2.31. The van der Waals surface area contributed by atoms with Gasteiger partial charge in [0.2, 0.25) is 0 Å². The Balaban J connectivity index is 1.59. The van der Waals surface area contributed by atoms with Crippen molar-refractivity contribution in [3.8, 4) is 0 Å². The maximum Gasteiger partial charge on any atom is 0.391 e. The third-order valence-corrected chi connectivity index (χ3v) is 5.63. The fraction of sp³-hybridized carbons (Fsp3) is 0.500. The van der Waals surface area contributed by atoms with Gasteiger partial charge in [-0.15, -0.1) is 5.10 Å². The molecule has 0 radical (unpaired) electrons. The molecule has 2 aliphatic rings. The van der Waals surface area contributed by atoms with Crippen LogP contribution in [0.3, 0.4) is 0 Å². The van der Waals surface area contributed by atoms with E-state index in [4.69, 9.17) is 0 Å². The molecule has 0 bridgehead atoms. The van der Waals surface area contributed by atoms with Gasteiger partial charge in [0.05, 0.1) is 11.6 Å². The third-order valence-electron chi connectivity index (χ3n) is 5.63. The second kappa shape index (κ2) is 8.45. The number of urea groups is 1. The van der Waals surface area contributed by atoms with Gasteiger partial charge in [0.15, 0.2) is 11.6 Å². The van der Waals surface area contributed by atoms with Crippen LogP contribution in [0.2, 0.25) is 0 Å². The zero-order valence-electron chi connectivity index (χ0n) is 16.3. The summed E-state index contributed by atoms with van der Waals surface area (Å²) in [5.41, 5.74) is 1.29. The molecule has 1 fully saturated rings. The summed E-state index contributed by atoms with van der Waals surface area (Å²) < 4.78 is 39.7. The van der Waals surface area contributed by atoms with E-state index in [0.29, 0.717) is 55.4 Å². The van der Waals surface area contributed by atoms with Crippen LogP contribution in [0.5, 0.6) is 0 Å². The van der Waals surface area contributed by atoms with Crippen LogP contribution in [0, 0.1) is 5.92 Å². The summed E-state index contributed by atoms with van der Waals surface area (Å²) in [5, 5.41) is 13.6. The molecule has 2 aromatic heterocycles. The van der Waals surface area contributed by atoms with E-state index in [2.05, 4.69) is 25.8 Å². The molecule has 3 heterocycles. The Morgan fingerprint density at radius 2 is 2.07 bits per heavy atom. The van der Waals surface area contributed by atoms with Gasteiger partial charge in [-0.2, -0.15) is 18.3 Å². The summed E-state index contributed by atoms with van der Waals surface area (Å²) in [4.78, 5) is 19.1. The topological polar surface area (TPSA) is 83.0 Å². The van der Waals surface area contributed by atoms with E-state index in [0.717, 1.165) is 0 Å². The number of rotatable bonds is 2. The molecule has 10 heteroatoms. The quantitative estimate of drug-likeness (QED) is 0.744. The maximum absolute atomic E-state index is 13.2. The van der Waals surface area contributed by atoms with Gasteiger partial charge >= 0.3 is 12.2 Å². The Bertz CT molecular complexity index is 892. The van der Waals surface area contributed by atoms with Crippen molar-refractivity contribution in [2.24, 2.45) is 5.92 Å². The van der Waals surface area contributed by atoms with E-state index in [9.17, 15) is 18.0 Å². The summed E-state index contributed by atoms with van der Waals surface area (Å²) in [6, 6.07) is 6.48. The minimum Gasteiger partial charge on any atom is -0.382 e. The molecule has 0 aromatic carbocycles. The number of nitrogens with zero attached hydrogens (tertiary/aromatic N) is 4. The molecule has 0 saturated heterocycles. The van der Waals surface area contributed by atoms with Gasteiger partial charge in [0.25, 0.3) is 0 Å². The molecule has 7 nitrogen and oxygen atoms in total. The standard InChI is InChI=1S/C20H23F3N6O/c21-20(22,23)14-5-1-4-13(12-14)15-7-8-16-18(26-15)29(11-3-9-24-16)19(30)27-17-6-2-10-25-28-17/h2,6-8,10,13-14,24H,1,3-5,9,11-12H2,(H,27,28,30). The molecule has 4 rings (SSSR count). The normalized spacial score (nSPS) is 21.9. The molecule has 160 valence electrons. The Morgan fingerprint density at radius 3 is 2.83 bits per heavy atom.